The molecular formula is C27H51NO4. The molecule has 1 fully saturated rings. The summed E-state index contributed by atoms with van der Waals surface area (Å²) in [5.74, 6) is -0.350. The third kappa shape index (κ3) is 19.6. The van der Waals surface area contributed by atoms with E-state index >= 15 is 0 Å². The minimum Gasteiger partial charge on any atom is -0.462 e. The summed E-state index contributed by atoms with van der Waals surface area (Å²) in [6.45, 7) is 4.30. The summed E-state index contributed by atoms with van der Waals surface area (Å²) >= 11 is 0. The number of nitrogens with one attached hydrogen (secondary N) is 1. The largest absolute Gasteiger partial charge is 0.462 e. The van der Waals surface area contributed by atoms with Crippen LogP contribution in [0.2, 0.25) is 0 Å². The van der Waals surface area contributed by atoms with Crippen molar-refractivity contribution in [3.05, 3.63) is 0 Å². The Morgan fingerprint density at radius 3 is 1.41 bits per heavy atom. The van der Waals surface area contributed by atoms with Gasteiger partial charge < -0.3 is 14.8 Å². The Hall–Kier alpha value is -1.10. The van der Waals surface area contributed by atoms with E-state index in [0.29, 0.717) is 12.8 Å². The number of hydrogen-bond donors (Lipinski definition) is 1. The van der Waals surface area contributed by atoms with Crippen molar-refractivity contribution in [3.63, 3.8) is 0 Å². The lowest BCUT2D eigenvalue weighted by Crippen LogP contribution is -2.22. The van der Waals surface area contributed by atoms with Crippen molar-refractivity contribution in [1.82, 2.24) is 5.32 Å². The predicted molar refractivity (Wildman–Crippen MR) is 132 cm³/mol. The first-order valence-electron chi connectivity index (χ1n) is 13.7. The molecule has 32 heavy (non-hydrogen) atoms. The zero-order valence-electron chi connectivity index (χ0n) is 21.0. The lowest BCUT2D eigenvalue weighted by Gasteiger charge is -2.13. The normalized spacial score (nSPS) is 24.8. The van der Waals surface area contributed by atoms with Gasteiger partial charge in [-0.3, -0.25) is 9.59 Å². The summed E-state index contributed by atoms with van der Waals surface area (Å²) in [6.07, 6.45) is 22.7. The van der Waals surface area contributed by atoms with Gasteiger partial charge in [-0.1, -0.05) is 89.9 Å². The van der Waals surface area contributed by atoms with Gasteiger partial charge in [-0.15, -0.1) is 0 Å². The average Bonchev–Trinajstić information content (AvgIpc) is 2.77. The maximum Gasteiger partial charge on any atom is 0.306 e. The fourth-order valence-corrected chi connectivity index (χ4v) is 4.24. The SMILES string of the molecule is CC1COC(=O)CCCCCCCCCCCNCCCCCCCCCCCC(=O)O1. The average molecular weight is 454 g/mol. The first kappa shape index (κ1) is 28.9. The monoisotopic (exact) mass is 453 g/mol. The van der Waals surface area contributed by atoms with E-state index in [-0.39, 0.29) is 24.6 Å². The zero-order valence-corrected chi connectivity index (χ0v) is 21.0. The molecule has 1 atom stereocenters. The Labute approximate surface area is 197 Å². The molecule has 5 nitrogen and oxygen atoms in total. The van der Waals surface area contributed by atoms with Gasteiger partial charge in [-0.25, -0.2) is 0 Å². The van der Waals surface area contributed by atoms with Gasteiger partial charge in [0.1, 0.15) is 12.7 Å². The summed E-state index contributed by atoms with van der Waals surface area (Å²) in [5, 5.41) is 3.60. The van der Waals surface area contributed by atoms with Crippen LogP contribution in [0, 0.1) is 0 Å². The van der Waals surface area contributed by atoms with Crippen LogP contribution in [0.5, 0.6) is 0 Å². The highest BCUT2D eigenvalue weighted by Gasteiger charge is 2.12. The number of esters is 2. The second-order valence-corrected chi connectivity index (χ2v) is 9.60. The third-order valence-corrected chi connectivity index (χ3v) is 6.28. The molecule has 0 saturated carbocycles. The molecule has 0 spiro atoms. The van der Waals surface area contributed by atoms with Crippen LogP contribution < -0.4 is 5.32 Å². The van der Waals surface area contributed by atoms with Gasteiger partial charge in [-0.2, -0.15) is 0 Å². The second-order valence-electron chi connectivity index (χ2n) is 9.60. The molecule has 0 aromatic heterocycles. The Kier molecular flexibility index (Phi) is 19.6. The van der Waals surface area contributed by atoms with E-state index in [1.807, 2.05) is 0 Å². The summed E-state index contributed by atoms with van der Waals surface area (Å²) in [7, 11) is 0. The molecule has 1 aliphatic heterocycles. The van der Waals surface area contributed by atoms with Crippen molar-refractivity contribution < 1.29 is 19.1 Å². The molecule has 1 N–H and O–H groups in total. The molecule has 1 rings (SSSR count). The molecule has 188 valence electrons. The van der Waals surface area contributed by atoms with E-state index in [2.05, 4.69) is 5.32 Å². The van der Waals surface area contributed by atoms with E-state index in [1.54, 1.807) is 6.92 Å². The molecule has 5 heteroatoms. The fraction of sp³-hybridized carbons (Fsp3) is 0.926. The van der Waals surface area contributed by atoms with Gasteiger partial charge in [-0.05, 0) is 45.7 Å². The minimum absolute atomic E-state index is 0.167. The highest BCUT2D eigenvalue weighted by atomic mass is 16.6. The minimum atomic E-state index is -0.363. The topological polar surface area (TPSA) is 64.6 Å². The number of cyclic esters (lactones) is 2. The van der Waals surface area contributed by atoms with Gasteiger partial charge in [0, 0.05) is 12.8 Å². The number of rotatable bonds is 0. The molecule has 1 saturated heterocycles. The van der Waals surface area contributed by atoms with Crippen LogP contribution in [-0.2, 0) is 19.1 Å². The van der Waals surface area contributed by atoms with Gasteiger partial charge in [0.05, 0.1) is 0 Å². The van der Waals surface area contributed by atoms with Crippen LogP contribution in [-0.4, -0.2) is 37.7 Å². The van der Waals surface area contributed by atoms with E-state index < -0.39 is 0 Å². The summed E-state index contributed by atoms with van der Waals surface area (Å²) < 4.78 is 10.6. The third-order valence-electron chi connectivity index (χ3n) is 6.28. The Morgan fingerprint density at radius 2 is 0.938 bits per heavy atom. The molecule has 0 bridgehead atoms. The van der Waals surface area contributed by atoms with Crippen LogP contribution in [0.25, 0.3) is 0 Å². The molecule has 1 unspecified atom stereocenters. The number of hydrogen-bond acceptors (Lipinski definition) is 5. The maximum atomic E-state index is 11.9. The van der Waals surface area contributed by atoms with Crippen LogP contribution in [0.1, 0.15) is 135 Å². The van der Waals surface area contributed by atoms with E-state index in [4.69, 9.17) is 9.47 Å². The van der Waals surface area contributed by atoms with E-state index in [1.165, 1.54) is 103 Å². The van der Waals surface area contributed by atoms with Crippen molar-refractivity contribution in [2.45, 2.75) is 141 Å². The van der Waals surface area contributed by atoms with Crippen LogP contribution in [0.15, 0.2) is 0 Å². The van der Waals surface area contributed by atoms with Crippen molar-refractivity contribution >= 4 is 11.9 Å². The van der Waals surface area contributed by atoms with E-state index in [9.17, 15) is 9.59 Å². The van der Waals surface area contributed by atoms with Crippen LogP contribution in [0.3, 0.4) is 0 Å². The van der Waals surface area contributed by atoms with Crippen molar-refractivity contribution in [2.24, 2.45) is 0 Å². The molecule has 0 amide bonds. The highest BCUT2D eigenvalue weighted by molar-refractivity contribution is 5.70. The van der Waals surface area contributed by atoms with Crippen molar-refractivity contribution in [3.8, 4) is 0 Å². The van der Waals surface area contributed by atoms with Crippen LogP contribution in [0.4, 0.5) is 0 Å². The summed E-state index contributed by atoms with van der Waals surface area (Å²) in [5.41, 5.74) is 0. The quantitative estimate of drug-likeness (QED) is 0.406. The second kappa shape index (κ2) is 21.7. The fourth-order valence-electron chi connectivity index (χ4n) is 4.24. The molecule has 1 aliphatic rings. The maximum absolute atomic E-state index is 11.9. The van der Waals surface area contributed by atoms with Crippen molar-refractivity contribution in [1.29, 1.82) is 0 Å². The molecule has 0 aliphatic carbocycles. The van der Waals surface area contributed by atoms with Gasteiger partial charge >= 0.3 is 11.9 Å². The van der Waals surface area contributed by atoms with Crippen molar-refractivity contribution in [2.75, 3.05) is 19.7 Å². The molecule has 0 aromatic carbocycles. The van der Waals surface area contributed by atoms with Gasteiger partial charge in [0.2, 0.25) is 0 Å². The molecular weight excluding hydrogens is 402 g/mol. The summed E-state index contributed by atoms with van der Waals surface area (Å²) in [6, 6.07) is 0. The van der Waals surface area contributed by atoms with Gasteiger partial charge in [0.15, 0.2) is 0 Å². The van der Waals surface area contributed by atoms with Gasteiger partial charge in [0.25, 0.3) is 0 Å². The number of ether oxygens (including phenoxy) is 2. The Bertz CT molecular complexity index is 455. The molecule has 0 radical (unpaired) electrons. The molecule has 0 aromatic rings. The Balaban J connectivity index is 2.20. The first-order valence-corrected chi connectivity index (χ1v) is 13.7. The lowest BCUT2D eigenvalue weighted by molar-refractivity contribution is -0.158. The molecule has 1 heterocycles. The highest BCUT2D eigenvalue weighted by Crippen LogP contribution is 2.13. The Morgan fingerprint density at radius 1 is 0.562 bits per heavy atom. The first-order chi connectivity index (χ1) is 15.7. The smallest absolute Gasteiger partial charge is 0.306 e. The number of carbonyl (C=O) groups excluding carboxylic acids is 2. The summed E-state index contributed by atoms with van der Waals surface area (Å²) in [4.78, 5) is 23.8. The number of carbonyl (C=O) groups is 2. The van der Waals surface area contributed by atoms with Crippen LogP contribution >= 0.6 is 0 Å². The predicted octanol–water partition coefficient (Wildman–Crippen LogP) is 6.87. The van der Waals surface area contributed by atoms with E-state index in [0.717, 1.165) is 25.7 Å². The standard InChI is InChI=1S/C27H51NO4/c1-25-24-31-26(29)20-16-12-8-4-2-6-10-14-18-22-28-23-19-15-11-7-3-5-9-13-17-21-27(30)32-25/h25,28H,2-24H2,1H3. The zero-order chi connectivity index (χ0) is 23.1. The lowest BCUT2D eigenvalue weighted by atomic mass is 10.1.